The molecule has 0 unspecified atom stereocenters. The molecule has 4 rings (SSSR count). The molecule has 0 atom stereocenters. The molecule has 0 fully saturated rings. The second-order valence-corrected chi connectivity index (χ2v) is 7.99. The van der Waals surface area contributed by atoms with E-state index in [2.05, 4.69) is 134 Å². The first-order valence-electron chi connectivity index (χ1n) is 9.60. The Balaban J connectivity index is 0.000000224. The zero-order valence-corrected chi connectivity index (χ0v) is 19.4. The van der Waals surface area contributed by atoms with Gasteiger partial charge in [-0.3, -0.25) is 0 Å². The zero-order valence-electron chi connectivity index (χ0n) is 17.1. The van der Waals surface area contributed by atoms with Crippen molar-refractivity contribution in [2.75, 3.05) is 0 Å². The first-order valence-corrected chi connectivity index (χ1v) is 10.7. The third-order valence-electron chi connectivity index (χ3n) is 4.86. The zero-order chi connectivity index (χ0) is 20.8. The van der Waals surface area contributed by atoms with Crippen LogP contribution < -0.4 is 5.73 Å². The Morgan fingerprint density at radius 1 is 0.690 bits per heavy atom. The van der Waals surface area contributed by atoms with E-state index >= 15 is 0 Å². The predicted octanol–water partition coefficient (Wildman–Crippen LogP) is 5.23. The second-order valence-electron chi connectivity index (χ2n) is 6.98. The molecule has 0 spiro atoms. The molecule has 1 aromatic heterocycles. The van der Waals surface area contributed by atoms with Crippen molar-refractivity contribution in [3.63, 3.8) is 0 Å². The normalized spacial score (nSPS) is 10.4. The Morgan fingerprint density at radius 2 is 1.10 bits per heavy atom. The summed E-state index contributed by atoms with van der Waals surface area (Å²) in [6, 6.07) is 29.4. The average Bonchev–Trinajstić information content (AvgIpc) is 3.00. The van der Waals surface area contributed by atoms with Gasteiger partial charge in [0.2, 0.25) is 0 Å². The van der Waals surface area contributed by atoms with Gasteiger partial charge in [-0.1, -0.05) is 29.8 Å². The fourth-order valence-electron chi connectivity index (χ4n) is 3.29. The van der Waals surface area contributed by atoms with Crippen LogP contribution in [0.2, 0.25) is 0 Å². The Kier molecular flexibility index (Phi) is 7.19. The number of rotatable bonds is 3. The van der Waals surface area contributed by atoms with Gasteiger partial charge in [-0.15, -0.1) is 0 Å². The molecule has 0 aliphatic carbocycles. The van der Waals surface area contributed by atoms with Gasteiger partial charge in [-0.25, -0.2) is 0 Å². The molecular weight excluding hydrogens is 537 g/mol. The summed E-state index contributed by atoms with van der Waals surface area (Å²) >= 11 is 2.38. The van der Waals surface area contributed by atoms with Gasteiger partial charge >= 0.3 is 130 Å². The van der Waals surface area contributed by atoms with Crippen molar-refractivity contribution in [2.24, 2.45) is 19.8 Å². The van der Waals surface area contributed by atoms with E-state index in [0.717, 1.165) is 0 Å². The summed E-state index contributed by atoms with van der Waals surface area (Å²) < 4.78 is 5.71. The van der Waals surface area contributed by atoms with Gasteiger partial charge in [0.25, 0.3) is 0 Å². The minimum atomic E-state index is 0.639. The molecule has 0 radical (unpaired) electrons. The van der Waals surface area contributed by atoms with Crippen LogP contribution in [0.3, 0.4) is 0 Å². The predicted molar refractivity (Wildman–Crippen MR) is 118 cm³/mol. The van der Waals surface area contributed by atoms with Gasteiger partial charge in [0, 0.05) is 6.54 Å². The molecule has 29 heavy (non-hydrogen) atoms. The van der Waals surface area contributed by atoms with Crippen molar-refractivity contribution in [3.8, 4) is 22.5 Å². The molecule has 2 N–H and O–H groups in total. The molecule has 152 valence electrons. The van der Waals surface area contributed by atoms with Crippen LogP contribution in [0, 0.1) is 10.7 Å². The van der Waals surface area contributed by atoms with Crippen LogP contribution in [0.1, 0.15) is 11.1 Å². The van der Waals surface area contributed by atoms with Crippen LogP contribution in [0.25, 0.3) is 22.5 Å². The van der Waals surface area contributed by atoms with Gasteiger partial charge in [-0.05, 0) is 12.5 Å². The molecule has 0 aliphatic rings. The van der Waals surface area contributed by atoms with Crippen LogP contribution in [0.5, 0.6) is 0 Å². The van der Waals surface area contributed by atoms with Crippen molar-refractivity contribution >= 4 is 0 Å². The molecule has 3 nitrogen and oxygen atoms in total. The molecule has 0 aliphatic heterocycles. The molecule has 0 bridgehead atoms. The summed E-state index contributed by atoms with van der Waals surface area (Å²) in [5.74, 6) is 0. The van der Waals surface area contributed by atoms with Crippen LogP contribution in [-0.2, 0) is 40.0 Å². The number of nitrogens with two attached hydrogens (primary N) is 1. The van der Waals surface area contributed by atoms with E-state index in [1.54, 1.807) is 0 Å². The van der Waals surface area contributed by atoms with E-state index in [4.69, 9.17) is 5.73 Å². The summed E-state index contributed by atoms with van der Waals surface area (Å²) in [6.07, 6.45) is 0. The van der Waals surface area contributed by atoms with Gasteiger partial charge in [-0.2, -0.15) is 0 Å². The molecule has 0 saturated carbocycles. The van der Waals surface area contributed by atoms with Crippen LogP contribution in [0.4, 0.5) is 0 Å². The van der Waals surface area contributed by atoms with E-state index in [0.29, 0.717) is 6.54 Å². The number of aromatic nitrogens is 2. The van der Waals surface area contributed by atoms with Gasteiger partial charge in [0.05, 0.1) is 0 Å². The van der Waals surface area contributed by atoms with Gasteiger partial charge < -0.3 is 5.73 Å². The maximum atomic E-state index is 5.40. The van der Waals surface area contributed by atoms with E-state index < -0.39 is 0 Å². The quantitative estimate of drug-likeness (QED) is 0.364. The van der Waals surface area contributed by atoms with Crippen LogP contribution in [-0.4, -0.2) is 9.13 Å². The summed E-state index contributed by atoms with van der Waals surface area (Å²) in [4.78, 5) is 0. The van der Waals surface area contributed by atoms with Crippen molar-refractivity contribution in [3.05, 3.63) is 99.9 Å². The molecule has 3 aromatic carbocycles. The van der Waals surface area contributed by atoms with Crippen molar-refractivity contribution < 1.29 is 19.4 Å². The Hall–Kier alpha value is -2.48. The van der Waals surface area contributed by atoms with Gasteiger partial charge in [0.1, 0.15) is 0 Å². The summed E-state index contributed by atoms with van der Waals surface area (Å²) in [6.45, 7) is 2.71. The molecule has 0 saturated heterocycles. The number of benzene rings is 3. The van der Waals surface area contributed by atoms with E-state index in [1.807, 2.05) is 0 Å². The molecule has 0 amide bonds. The molecule has 4 aromatic rings. The van der Waals surface area contributed by atoms with Crippen LogP contribution in [0.15, 0.2) is 84.9 Å². The first-order chi connectivity index (χ1) is 14.0. The number of hydrogen-bond donors (Lipinski definition) is 1. The van der Waals surface area contributed by atoms with Crippen molar-refractivity contribution in [1.82, 2.24) is 9.13 Å². The third-order valence-corrected chi connectivity index (χ3v) is 6.38. The fraction of sp³-hybridized carbons (Fsp3) is 0.160. The number of hydrogen-bond acceptors (Lipinski definition) is 1. The van der Waals surface area contributed by atoms with Crippen molar-refractivity contribution in [2.45, 2.75) is 13.5 Å². The average molecular weight is 565 g/mol. The summed E-state index contributed by atoms with van der Waals surface area (Å²) in [5, 5.41) is 0. The second kappa shape index (κ2) is 9.82. The molecular formula is C25H27N3Pt. The Morgan fingerprint density at radius 3 is 1.48 bits per heavy atom. The first kappa shape index (κ1) is 21.2. The number of aryl methyl sites for hydroxylation is 1. The summed E-state index contributed by atoms with van der Waals surface area (Å²) in [5.41, 5.74) is 12.9. The Labute approximate surface area is 183 Å². The summed E-state index contributed by atoms with van der Waals surface area (Å²) in [7, 11) is 4.24. The van der Waals surface area contributed by atoms with E-state index in [9.17, 15) is 0 Å². The monoisotopic (exact) mass is 564 g/mol. The standard InChI is InChI=1S/C17H16N2.C8H11N.Pt/c1-18-13-19(2)17(15-11-7-4-8-12-15)16(18)14-9-5-3-6-10-14;1-7-2-4-8(6-9)5-3-7;/h3-12H,1-2H3;2-5H,6,9H2,1H3;. The molecule has 4 heteroatoms. The Bertz CT molecular complexity index is 1040. The maximum absolute atomic E-state index is 5.40. The van der Waals surface area contributed by atoms with Gasteiger partial charge in [0.15, 0.2) is 0 Å². The minimum absolute atomic E-state index is 0.639. The fourth-order valence-corrected chi connectivity index (χ4v) is 3.80. The number of imidazole rings is 1. The van der Waals surface area contributed by atoms with E-state index in [-0.39, 0.29) is 0 Å². The molecule has 1 heterocycles. The topological polar surface area (TPSA) is 35.9 Å². The van der Waals surface area contributed by atoms with E-state index in [1.165, 1.54) is 37.4 Å². The third kappa shape index (κ3) is 4.93. The SMILES string of the molecule is Cc1ccc(CN)cc1.Cn1c(-c2ccccc2)c(-c2ccccc2)n(C)[c]1=[Pt]. The van der Waals surface area contributed by atoms with Crippen molar-refractivity contribution in [1.29, 1.82) is 0 Å². The number of nitrogens with zero attached hydrogens (tertiary/aromatic N) is 2. The van der Waals surface area contributed by atoms with Crippen LogP contribution >= 0.6 is 0 Å².